The molecular formula is C24H23N3O6. The molecular weight excluding hydrogens is 426 g/mol. The van der Waals surface area contributed by atoms with Gasteiger partial charge in [-0.15, -0.1) is 0 Å². The maximum Gasteiger partial charge on any atom is 0.310 e. The van der Waals surface area contributed by atoms with Crippen molar-refractivity contribution in [3.8, 4) is 0 Å². The van der Waals surface area contributed by atoms with Crippen LogP contribution in [0.4, 0.5) is 5.69 Å². The number of carbonyl (C=O) groups excluding carboxylic acids is 3. The molecule has 2 aromatic carbocycles. The third kappa shape index (κ3) is 4.63. The molecule has 0 aliphatic carbocycles. The molecule has 4 rings (SSSR count). The largest absolute Gasteiger partial charge is 0.481 e. The molecule has 1 saturated heterocycles. The Labute approximate surface area is 189 Å². The lowest BCUT2D eigenvalue weighted by molar-refractivity contribution is -0.147. The summed E-state index contributed by atoms with van der Waals surface area (Å²) in [6, 6.07) is 15.5. The van der Waals surface area contributed by atoms with Crippen LogP contribution in [0, 0.1) is 11.8 Å². The number of aliphatic carboxylic acids is 1. The van der Waals surface area contributed by atoms with Crippen LogP contribution >= 0.6 is 0 Å². The number of ether oxygens (including phenoxy) is 1. The van der Waals surface area contributed by atoms with Crippen molar-refractivity contribution < 1.29 is 29.0 Å². The Morgan fingerprint density at radius 1 is 1.00 bits per heavy atom. The second kappa shape index (κ2) is 8.87. The predicted molar refractivity (Wildman–Crippen MR) is 118 cm³/mol. The van der Waals surface area contributed by atoms with Crippen molar-refractivity contribution >= 4 is 29.4 Å². The van der Waals surface area contributed by atoms with Crippen LogP contribution < -0.4 is 16.2 Å². The topological polar surface area (TPSA) is 134 Å². The summed E-state index contributed by atoms with van der Waals surface area (Å²) in [6.07, 6.45) is 2.87. The summed E-state index contributed by atoms with van der Waals surface area (Å²) in [5.41, 5.74) is 5.24. The molecule has 4 atom stereocenters. The summed E-state index contributed by atoms with van der Waals surface area (Å²) in [5, 5.41) is 12.2. The van der Waals surface area contributed by atoms with Gasteiger partial charge in [-0.25, -0.2) is 0 Å². The molecule has 0 spiro atoms. The van der Waals surface area contributed by atoms with Crippen LogP contribution in [-0.4, -0.2) is 40.5 Å². The first-order valence-electron chi connectivity index (χ1n) is 10.4. The Morgan fingerprint density at radius 2 is 1.70 bits per heavy atom. The fourth-order valence-corrected chi connectivity index (χ4v) is 4.24. The maximum absolute atomic E-state index is 12.7. The number of benzene rings is 2. The molecule has 2 aliphatic rings. The van der Waals surface area contributed by atoms with Crippen LogP contribution in [0.5, 0.6) is 0 Å². The molecule has 2 heterocycles. The molecule has 0 radical (unpaired) electrons. The number of carboxylic acids is 1. The fourth-order valence-electron chi connectivity index (χ4n) is 4.24. The Bertz CT molecular complexity index is 1110. The lowest BCUT2D eigenvalue weighted by atomic mass is 9.76. The van der Waals surface area contributed by atoms with Crippen molar-refractivity contribution in [1.29, 1.82) is 0 Å². The van der Waals surface area contributed by atoms with Gasteiger partial charge in [0, 0.05) is 11.3 Å². The lowest BCUT2D eigenvalue weighted by Crippen LogP contribution is -2.52. The Hall–Kier alpha value is -3.98. The Morgan fingerprint density at radius 3 is 2.36 bits per heavy atom. The summed E-state index contributed by atoms with van der Waals surface area (Å²) in [4.78, 5) is 48.9. The molecule has 33 heavy (non-hydrogen) atoms. The Kier molecular flexibility index (Phi) is 5.97. The SMILES string of the molecule is C[C@@]12C=C[C@@H](O1)[C@H](C(=O)O)[C@H]2C(=O)NNC(=O)c1ccc(NC(=O)Cc2ccccc2)cc1. The second-order valence-electron chi connectivity index (χ2n) is 8.20. The van der Waals surface area contributed by atoms with Crippen molar-refractivity contribution in [1.82, 2.24) is 10.9 Å². The van der Waals surface area contributed by atoms with Crippen LogP contribution in [0.3, 0.4) is 0 Å². The third-order valence-corrected chi connectivity index (χ3v) is 5.84. The van der Waals surface area contributed by atoms with Crippen molar-refractivity contribution in [3.05, 3.63) is 77.9 Å². The molecule has 9 heteroatoms. The van der Waals surface area contributed by atoms with E-state index in [2.05, 4.69) is 16.2 Å². The summed E-state index contributed by atoms with van der Waals surface area (Å²) in [7, 11) is 0. The normalized spacial score (nSPS) is 24.8. The quantitative estimate of drug-likeness (QED) is 0.392. The van der Waals surface area contributed by atoms with Crippen molar-refractivity contribution in [3.63, 3.8) is 0 Å². The molecule has 0 aromatic heterocycles. The highest BCUT2D eigenvalue weighted by Crippen LogP contribution is 2.46. The summed E-state index contributed by atoms with van der Waals surface area (Å²) in [5.74, 6) is -4.56. The fraction of sp³-hybridized carbons (Fsp3) is 0.250. The van der Waals surface area contributed by atoms with Gasteiger partial charge in [-0.1, -0.05) is 42.5 Å². The zero-order valence-electron chi connectivity index (χ0n) is 17.8. The first-order valence-corrected chi connectivity index (χ1v) is 10.4. The highest BCUT2D eigenvalue weighted by Gasteiger charge is 2.59. The van der Waals surface area contributed by atoms with Gasteiger partial charge in [0.1, 0.15) is 5.92 Å². The van der Waals surface area contributed by atoms with Gasteiger partial charge in [0.2, 0.25) is 11.8 Å². The van der Waals surface area contributed by atoms with Gasteiger partial charge in [0.25, 0.3) is 5.91 Å². The van der Waals surface area contributed by atoms with E-state index in [9.17, 15) is 24.3 Å². The van der Waals surface area contributed by atoms with E-state index in [0.29, 0.717) is 5.69 Å². The minimum absolute atomic E-state index is 0.186. The highest BCUT2D eigenvalue weighted by atomic mass is 16.5. The highest BCUT2D eigenvalue weighted by molar-refractivity contribution is 5.97. The summed E-state index contributed by atoms with van der Waals surface area (Å²) >= 11 is 0. The molecule has 2 aromatic rings. The first kappa shape index (κ1) is 22.2. The van der Waals surface area contributed by atoms with Gasteiger partial charge in [0.05, 0.1) is 24.0 Å². The number of hydrogen-bond donors (Lipinski definition) is 4. The molecule has 2 bridgehead atoms. The number of hydrogen-bond acceptors (Lipinski definition) is 5. The van der Waals surface area contributed by atoms with Gasteiger partial charge >= 0.3 is 5.97 Å². The van der Waals surface area contributed by atoms with Crippen LogP contribution in [0.25, 0.3) is 0 Å². The number of fused-ring (bicyclic) bond motifs is 2. The van der Waals surface area contributed by atoms with Crippen molar-refractivity contribution in [2.45, 2.75) is 25.0 Å². The smallest absolute Gasteiger partial charge is 0.310 e. The number of carboxylic acid groups (broad SMARTS) is 1. The van der Waals surface area contributed by atoms with Crippen LogP contribution in [0.2, 0.25) is 0 Å². The minimum atomic E-state index is -1.13. The number of rotatable bonds is 6. The minimum Gasteiger partial charge on any atom is -0.481 e. The van der Waals surface area contributed by atoms with E-state index in [1.165, 1.54) is 12.1 Å². The van der Waals surface area contributed by atoms with Crippen molar-refractivity contribution in [2.24, 2.45) is 11.8 Å². The average molecular weight is 449 g/mol. The van der Waals surface area contributed by atoms with Crippen molar-refractivity contribution in [2.75, 3.05) is 5.32 Å². The van der Waals surface area contributed by atoms with Crippen LogP contribution in [0.15, 0.2) is 66.7 Å². The maximum atomic E-state index is 12.7. The predicted octanol–water partition coefficient (Wildman–Crippen LogP) is 1.67. The monoisotopic (exact) mass is 449 g/mol. The van der Waals surface area contributed by atoms with Gasteiger partial charge in [-0.2, -0.15) is 0 Å². The molecule has 2 aliphatic heterocycles. The number of amides is 3. The van der Waals surface area contributed by atoms with Gasteiger partial charge in [-0.05, 0) is 36.8 Å². The molecule has 0 saturated carbocycles. The molecule has 0 unspecified atom stereocenters. The number of anilines is 1. The zero-order valence-corrected chi connectivity index (χ0v) is 17.8. The van der Waals surface area contributed by atoms with E-state index in [1.54, 1.807) is 31.2 Å². The molecule has 1 fully saturated rings. The van der Waals surface area contributed by atoms with Crippen LogP contribution in [0.1, 0.15) is 22.8 Å². The summed E-state index contributed by atoms with van der Waals surface area (Å²) in [6.45, 7) is 1.64. The lowest BCUT2D eigenvalue weighted by Gasteiger charge is -2.27. The molecule has 9 nitrogen and oxygen atoms in total. The van der Waals surface area contributed by atoms with E-state index >= 15 is 0 Å². The van der Waals surface area contributed by atoms with Crippen LogP contribution in [-0.2, 0) is 25.5 Å². The molecule has 4 N–H and O–H groups in total. The summed E-state index contributed by atoms with van der Waals surface area (Å²) < 4.78 is 5.64. The van der Waals surface area contributed by atoms with E-state index < -0.39 is 41.3 Å². The number of carbonyl (C=O) groups is 4. The van der Waals surface area contributed by atoms with E-state index in [1.807, 2.05) is 30.3 Å². The van der Waals surface area contributed by atoms with Gasteiger partial charge in [0.15, 0.2) is 0 Å². The Balaban J connectivity index is 1.32. The molecule has 170 valence electrons. The molecule has 3 amide bonds. The standard InChI is InChI=1S/C24H23N3O6/c1-24-12-11-17(33-24)19(23(31)32)20(24)22(30)27-26-21(29)15-7-9-16(10-8-15)25-18(28)13-14-5-3-2-4-6-14/h2-12,17,19-20H,13H2,1H3,(H,25,28)(H,26,29)(H,27,30)(H,31,32)/t17-,19+,20+,24+/m1/s1. The van der Waals surface area contributed by atoms with E-state index in [4.69, 9.17) is 4.74 Å². The van der Waals surface area contributed by atoms with Gasteiger partial charge < -0.3 is 15.2 Å². The average Bonchev–Trinajstić information content (AvgIpc) is 3.32. The van der Waals surface area contributed by atoms with Gasteiger partial charge in [-0.3, -0.25) is 30.0 Å². The second-order valence-corrected chi connectivity index (χ2v) is 8.20. The zero-order chi connectivity index (χ0) is 23.6. The number of hydrazine groups is 1. The number of nitrogens with one attached hydrogen (secondary N) is 3. The van der Waals surface area contributed by atoms with E-state index in [0.717, 1.165) is 5.56 Å². The third-order valence-electron chi connectivity index (χ3n) is 5.84. The first-order chi connectivity index (χ1) is 15.8. The van der Waals surface area contributed by atoms with E-state index in [-0.39, 0.29) is 17.9 Å².